The van der Waals surface area contributed by atoms with Gasteiger partial charge in [-0.2, -0.15) is 0 Å². The normalized spacial score (nSPS) is 12.1. The van der Waals surface area contributed by atoms with Crippen LogP contribution in [0.4, 0.5) is 5.82 Å². The molecule has 0 spiro atoms. The predicted molar refractivity (Wildman–Crippen MR) is 58.3 cm³/mol. The zero-order valence-corrected chi connectivity index (χ0v) is 9.05. The molecule has 0 amide bonds. The van der Waals surface area contributed by atoms with Crippen molar-refractivity contribution in [3.8, 4) is 0 Å². The summed E-state index contributed by atoms with van der Waals surface area (Å²) >= 11 is 0. The van der Waals surface area contributed by atoms with Crippen LogP contribution in [0.15, 0.2) is 12.4 Å². The Bertz CT molecular complexity index is 357. The van der Waals surface area contributed by atoms with E-state index in [1.807, 2.05) is 6.92 Å². The average Bonchev–Trinajstić information content (AvgIpc) is 2.27. The number of carbonyl (C=O) groups is 1. The van der Waals surface area contributed by atoms with Gasteiger partial charge in [-0.3, -0.25) is 0 Å². The zero-order valence-electron chi connectivity index (χ0n) is 9.05. The van der Waals surface area contributed by atoms with E-state index in [9.17, 15) is 4.79 Å². The SMILES string of the molecule is CC(CCO)CNc1nccnc1C(=O)O. The minimum absolute atomic E-state index is 0.0845. The van der Waals surface area contributed by atoms with E-state index in [-0.39, 0.29) is 24.0 Å². The Morgan fingerprint density at radius 3 is 2.81 bits per heavy atom. The van der Waals surface area contributed by atoms with Gasteiger partial charge in [0.05, 0.1) is 0 Å². The van der Waals surface area contributed by atoms with E-state index in [4.69, 9.17) is 10.2 Å². The number of nitrogens with one attached hydrogen (secondary N) is 1. The molecular weight excluding hydrogens is 210 g/mol. The maximum absolute atomic E-state index is 10.8. The second kappa shape index (κ2) is 6.02. The molecule has 0 aliphatic rings. The van der Waals surface area contributed by atoms with E-state index >= 15 is 0 Å². The number of hydrogen-bond acceptors (Lipinski definition) is 5. The van der Waals surface area contributed by atoms with Crippen molar-refractivity contribution in [3.63, 3.8) is 0 Å². The number of carboxylic acids is 1. The number of aliphatic hydroxyl groups excluding tert-OH is 1. The van der Waals surface area contributed by atoms with Gasteiger partial charge in [0, 0.05) is 25.5 Å². The molecule has 0 fully saturated rings. The molecule has 1 rings (SSSR count). The van der Waals surface area contributed by atoms with Crippen LogP contribution in [0.3, 0.4) is 0 Å². The smallest absolute Gasteiger partial charge is 0.358 e. The molecular formula is C10H15N3O3. The van der Waals surface area contributed by atoms with Crippen LogP contribution in [0.2, 0.25) is 0 Å². The highest BCUT2D eigenvalue weighted by Crippen LogP contribution is 2.09. The maximum Gasteiger partial charge on any atom is 0.358 e. The van der Waals surface area contributed by atoms with Gasteiger partial charge in [-0.05, 0) is 12.3 Å². The van der Waals surface area contributed by atoms with Gasteiger partial charge < -0.3 is 15.5 Å². The van der Waals surface area contributed by atoms with Gasteiger partial charge >= 0.3 is 5.97 Å². The molecule has 1 atom stereocenters. The minimum atomic E-state index is -1.11. The molecule has 0 aromatic carbocycles. The first-order chi connectivity index (χ1) is 7.65. The Morgan fingerprint density at radius 2 is 2.19 bits per heavy atom. The lowest BCUT2D eigenvalue weighted by Crippen LogP contribution is -2.16. The predicted octanol–water partition coefficient (Wildman–Crippen LogP) is 0.605. The van der Waals surface area contributed by atoms with E-state index < -0.39 is 5.97 Å². The zero-order chi connectivity index (χ0) is 12.0. The van der Waals surface area contributed by atoms with Crippen LogP contribution in [0.25, 0.3) is 0 Å². The number of aromatic nitrogens is 2. The number of hydrogen-bond donors (Lipinski definition) is 3. The minimum Gasteiger partial charge on any atom is -0.476 e. The lowest BCUT2D eigenvalue weighted by molar-refractivity contribution is 0.0691. The second-order valence-corrected chi connectivity index (χ2v) is 3.56. The number of rotatable bonds is 6. The molecule has 1 aromatic rings. The Morgan fingerprint density at radius 1 is 1.50 bits per heavy atom. The summed E-state index contributed by atoms with van der Waals surface area (Å²) in [4.78, 5) is 18.5. The van der Waals surface area contributed by atoms with Crippen LogP contribution in [-0.2, 0) is 0 Å². The molecule has 1 heterocycles. The first-order valence-electron chi connectivity index (χ1n) is 5.04. The number of carboxylic acid groups (broad SMARTS) is 1. The van der Waals surface area contributed by atoms with Crippen LogP contribution in [-0.4, -0.2) is 39.3 Å². The van der Waals surface area contributed by atoms with E-state index in [1.54, 1.807) is 0 Å². The summed E-state index contributed by atoms with van der Waals surface area (Å²) in [7, 11) is 0. The lowest BCUT2D eigenvalue weighted by atomic mass is 10.1. The quantitative estimate of drug-likeness (QED) is 0.656. The topological polar surface area (TPSA) is 95.3 Å². The summed E-state index contributed by atoms with van der Waals surface area (Å²) in [6.07, 6.45) is 3.44. The van der Waals surface area contributed by atoms with Crippen LogP contribution in [0.5, 0.6) is 0 Å². The standard InChI is InChI=1S/C10H15N3O3/c1-7(2-5-14)6-13-9-8(10(15)16)11-3-4-12-9/h3-4,7,14H,2,5-6H2,1H3,(H,12,13)(H,15,16). The van der Waals surface area contributed by atoms with Gasteiger partial charge in [-0.25, -0.2) is 14.8 Å². The molecule has 6 heteroatoms. The first kappa shape index (κ1) is 12.4. The number of aliphatic hydroxyl groups is 1. The molecule has 0 bridgehead atoms. The van der Waals surface area contributed by atoms with Crippen molar-refractivity contribution in [1.29, 1.82) is 0 Å². The van der Waals surface area contributed by atoms with E-state index in [2.05, 4.69) is 15.3 Å². The number of anilines is 1. The Hall–Kier alpha value is -1.69. The third kappa shape index (κ3) is 3.47. The largest absolute Gasteiger partial charge is 0.476 e. The Balaban J connectivity index is 2.63. The maximum atomic E-state index is 10.8. The van der Waals surface area contributed by atoms with Crippen LogP contribution >= 0.6 is 0 Å². The summed E-state index contributed by atoms with van der Waals surface area (Å²) in [5, 5.41) is 20.5. The summed E-state index contributed by atoms with van der Waals surface area (Å²) in [6.45, 7) is 2.63. The van der Waals surface area contributed by atoms with Crippen LogP contribution < -0.4 is 5.32 Å². The molecule has 0 aliphatic heterocycles. The van der Waals surface area contributed by atoms with Crippen molar-refractivity contribution in [3.05, 3.63) is 18.1 Å². The molecule has 1 unspecified atom stereocenters. The third-order valence-corrected chi connectivity index (χ3v) is 2.14. The fourth-order valence-corrected chi connectivity index (χ4v) is 1.22. The molecule has 0 aliphatic carbocycles. The second-order valence-electron chi connectivity index (χ2n) is 3.56. The molecule has 6 nitrogen and oxygen atoms in total. The highest BCUT2D eigenvalue weighted by molar-refractivity contribution is 5.90. The summed E-state index contributed by atoms with van der Waals surface area (Å²) in [5.74, 6) is -0.598. The Labute approximate surface area is 93.4 Å². The van der Waals surface area contributed by atoms with Gasteiger partial charge in [-0.15, -0.1) is 0 Å². The fraction of sp³-hybridized carbons (Fsp3) is 0.500. The molecule has 1 aromatic heterocycles. The molecule has 0 radical (unpaired) electrons. The molecule has 3 N–H and O–H groups in total. The van der Waals surface area contributed by atoms with E-state index in [0.717, 1.165) is 0 Å². The summed E-state index contributed by atoms with van der Waals surface area (Å²) < 4.78 is 0. The summed E-state index contributed by atoms with van der Waals surface area (Å²) in [5.41, 5.74) is -0.0845. The first-order valence-corrected chi connectivity index (χ1v) is 5.04. The lowest BCUT2D eigenvalue weighted by Gasteiger charge is -2.12. The van der Waals surface area contributed by atoms with Crippen molar-refractivity contribution >= 4 is 11.8 Å². The van der Waals surface area contributed by atoms with Crippen molar-refractivity contribution in [2.45, 2.75) is 13.3 Å². The monoisotopic (exact) mass is 225 g/mol. The van der Waals surface area contributed by atoms with E-state index in [0.29, 0.717) is 13.0 Å². The van der Waals surface area contributed by atoms with Gasteiger partial charge in [0.2, 0.25) is 0 Å². The molecule has 88 valence electrons. The van der Waals surface area contributed by atoms with E-state index in [1.165, 1.54) is 12.4 Å². The van der Waals surface area contributed by atoms with Gasteiger partial charge in [0.25, 0.3) is 0 Å². The molecule has 0 saturated carbocycles. The van der Waals surface area contributed by atoms with Crippen LogP contribution in [0.1, 0.15) is 23.8 Å². The van der Waals surface area contributed by atoms with Crippen molar-refractivity contribution in [2.75, 3.05) is 18.5 Å². The van der Waals surface area contributed by atoms with Crippen LogP contribution in [0, 0.1) is 5.92 Å². The number of aromatic carboxylic acids is 1. The summed E-state index contributed by atoms with van der Waals surface area (Å²) in [6, 6.07) is 0. The highest BCUT2D eigenvalue weighted by atomic mass is 16.4. The van der Waals surface area contributed by atoms with Crippen molar-refractivity contribution in [2.24, 2.45) is 5.92 Å². The Kier molecular flexibility index (Phi) is 4.65. The molecule has 16 heavy (non-hydrogen) atoms. The third-order valence-electron chi connectivity index (χ3n) is 2.14. The fourth-order valence-electron chi connectivity index (χ4n) is 1.22. The van der Waals surface area contributed by atoms with Crippen molar-refractivity contribution in [1.82, 2.24) is 9.97 Å². The van der Waals surface area contributed by atoms with Gasteiger partial charge in [-0.1, -0.05) is 6.92 Å². The highest BCUT2D eigenvalue weighted by Gasteiger charge is 2.12. The van der Waals surface area contributed by atoms with Gasteiger partial charge in [0.1, 0.15) is 0 Å². The van der Waals surface area contributed by atoms with Crippen molar-refractivity contribution < 1.29 is 15.0 Å². The average molecular weight is 225 g/mol. The molecule has 0 saturated heterocycles. The number of nitrogens with zero attached hydrogens (tertiary/aromatic N) is 2. The van der Waals surface area contributed by atoms with Gasteiger partial charge in [0.15, 0.2) is 11.5 Å².